The standard InChI is InChI=1S/C14H17NO4/c1-3-19-14(17)9(2)15-13(16)10-4-5-11-7-18-8-12(11)6-10/h4-6,9H,3,7-8H2,1-2H3,(H,15,16)/t9-/m1/s1. The number of carbonyl (C=O) groups is 2. The lowest BCUT2D eigenvalue weighted by Crippen LogP contribution is -2.39. The first-order chi connectivity index (χ1) is 9.11. The highest BCUT2D eigenvalue weighted by Gasteiger charge is 2.19. The van der Waals surface area contributed by atoms with Crippen molar-refractivity contribution >= 4 is 11.9 Å². The molecule has 0 bridgehead atoms. The quantitative estimate of drug-likeness (QED) is 0.834. The minimum absolute atomic E-state index is 0.282. The number of amides is 1. The van der Waals surface area contributed by atoms with Gasteiger partial charge in [0.2, 0.25) is 0 Å². The first-order valence-electron chi connectivity index (χ1n) is 6.29. The Morgan fingerprint density at radius 2 is 2.11 bits per heavy atom. The Hall–Kier alpha value is -1.88. The van der Waals surface area contributed by atoms with E-state index in [-0.39, 0.29) is 5.91 Å². The van der Waals surface area contributed by atoms with Gasteiger partial charge < -0.3 is 14.8 Å². The average molecular weight is 263 g/mol. The van der Waals surface area contributed by atoms with Gasteiger partial charge in [0.15, 0.2) is 0 Å². The Kier molecular flexibility index (Phi) is 4.16. The second-order valence-corrected chi connectivity index (χ2v) is 4.42. The van der Waals surface area contributed by atoms with Crippen LogP contribution in [0.2, 0.25) is 0 Å². The summed E-state index contributed by atoms with van der Waals surface area (Å²) in [5.74, 6) is -0.712. The van der Waals surface area contributed by atoms with Crippen molar-refractivity contribution in [3.05, 3.63) is 34.9 Å². The van der Waals surface area contributed by atoms with Gasteiger partial charge in [0.1, 0.15) is 6.04 Å². The van der Waals surface area contributed by atoms with Crippen molar-refractivity contribution in [1.29, 1.82) is 0 Å². The Bertz CT molecular complexity index is 498. The fourth-order valence-corrected chi connectivity index (χ4v) is 1.92. The van der Waals surface area contributed by atoms with Gasteiger partial charge in [-0.15, -0.1) is 0 Å². The number of ether oxygens (including phenoxy) is 2. The Morgan fingerprint density at radius 3 is 2.84 bits per heavy atom. The molecule has 1 amide bonds. The van der Waals surface area contributed by atoms with Gasteiger partial charge in [-0.05, 0) is 37.1 Å². The summed E-state index contributed by atoms with van der Waals surface area (Å²) in [6.45, 7) is 4.76. The predicted octanol–water partition coefficient (Wildman–Crippen LogP) is 1.40. The largest absolute Gasteiger partial charge is 0.464 e. The molecule has 102 valence electrons. The fraction of sp³-hybridized carbons (Fsp3) is 0.429. The normalized spacial score (nSPS) is 14.6. The zero-order valence-electron chi connectivity index (χ0n) is 11.1. The van der Waals surface area contributed by atoms with Crippen molar-refractivity contribution < 1.29 is 19.1 Å². The summed E-state index contributed by atoms with van der Waals surface area (Å²) in [6, 6.07) is 4.76. The van der Waals surface area contributed by atoms with Crippen LogP contribution in [0, 0.1) is 0 Å². The van der Waals surface area contributed by atoms with Crippen molar-refractivity contribution in [3.8, 4) is 0 Å². The van der Waals surface area contributed by atoms with Crippen LogP contribution in [0.1, 0.15) is 35.3 Å². The molecule has 19 heavy (non-hydrogen) atoms. The van der Waals surface area contributed by atoms with E-state index in [0.717, 1.165) is 11.1 Å². The maximum absolute atomic E-state index is 12.0. The number of nitrogens with one attached hydrogen (secondary N) is 1. The summed E-state index contributed by atoms with van der Waals surface area (Å²) >= 11 is 0. The first-order valence-corrected chi connectivity index (χ1v) is 6.29. The number of esters is 1. The highest BCUT2D eigenvalue weighted by atomic mass is 16.5. The molecule has 0 radical (unpaired) electrons. The van der Waals surface area contributed by atoms with Gasteiger partial charge >= 0.3 is 5.97 Å². The lowest BCUT2D eigenvalue weighted by molar-refractivity contribution is -0.144. The van der Waals surface area contributed by atoms with Gasteiger partial charge in [0.25, 0.3) is 5.91 Å². The van der Waals surface area contributed by atoms with Crippen molar-refractivity contribution in [2.75, 3.05) is 6.61 Å². The number of rotatable bonds is 4. The van der Waals surface area contributed by atoms with Crippen LogP contribution in [0.5, 0.6) is 0 Å². The van der Waals surface area contributed by atoms with Gasteiger partial charge in [-0.3, -0.25) is 4.79 Å². The fourth-order valence-electron chi connectivity index (χ4n) is 1.92. The zero-order valence-corrected chi connectivity index (χ0v) is 11.1. The third kappa shape index (κ3) is 3.12. The minimum Gasteiger partial charge on any atom is -0.464 e. The van der Waals surface area contributed by atoms with E-state index in [4.69, 9.17) is 9.47 Å². The molecule has 0 saturated carbocycles. The summed E-state index contributed by atoms with van der Waals surface area (Å²) in [4.78, 5) is 23.4. The number of benzene rings is 1. The number of carbonyl (C=O) groups excluding carboxylic acids is 2. The first kappa shape index (κ1) is 13.5. The second kappa shape index (κ2) is 5.84. The molecule has 1 aromatic rings. The summed E-state index contributed by atoms with van der Waals surface area (Å²) < 4.78 is 10.1. The molecule has 0 aliphatic carbocycles. The van der Waals surface area contributed by atoms with E-state index in [1.54, 1.807) is 26.0 Å². The Morgan fingerprint density at radius 1 is 1.37 bits per heavy atom. The van der Waals surface area contributed by atoms with Gasteiger partial charge in [-0.1, -0.05) is 6.07 Å². The molecule has 2 rings (SSSR count). The Labute approximate surface area is 111 Å². The smallest absolute Gasteiger partial charge is 0.328 e. The van der Waals surface area contributed by atoms with Gasteiger partial charge in [-0.2, -0.15) is 0 Å². The van der Waals surface area contributed by atoms with Crippen molar-refractivity contribution in [2.45, 2.75) is 33.1 Å². The molecule has 0 unspecified atom stereocenters. The van der Waals surface area contributed by atoms with E-state index in [0.29, 0.717) is 25.4 Å². The van der Waals surface area contributed by atoms with Gasteiger partial charge in [-0.25, -0.2) is 4.79 Å². The highest BCUT2D eigenvalue weighted by Crippen LogP contribution is 2.20. The van der Waals surface area contributed by atoms with Gasteiger partial charge in [0.05, 0.1) is 19.8 Å². The van der Waals surface area contributed by atoms with E-state index in [1.165, 1.54) is 0 Å². The van der Waals surface area contributed by atoms with E-state index in [1.807, 2.05) is 6.07 Å². The molecule has 0 spiro atoms. The topological polar surface area (TPSA) is 64.6 Å². The molecular weight excluding hydrogens is 246 g/mol. The van der Waals surface area contributed by atoms with Crippen LogP contribution < -0.4 is 5.32 Å². The third-order valence-corrected chi connectivity index (χ3v) is 2.97. The zero-order chi connectivity index (χ0) is 13.8. The number of hydrogen-bond acceptors (Lipinski definition) is 4. The van der Waals surface area contributed by atoms with Crippen molar-refractivity contribution in [2.24, 2.45) is 0 Å². The summed E-state index contributed by atoms with van der Waals surface area (Å²) in [6.07, 6.45) is 0. The van der Waals surface area contributed by atoms with Crippen LogP contribution in [-0.2, 0) is 27.5 Å². The lowest BCUT2D eigenvalue weighted by atomic mass is 10.1. The van der Waals surface area contributed by atoms with Crippen LogP contribution in [0.4, 0.5) is 0 Å². The van der Waals surface area contributed by atoms with E-state index in [9.17, 15) is 9.59 Å². The maximum Gasteiger partial charge on any atom is 0.328 e. The van der Waals surface area contributed by atoms with Crippen LogP contribution in [0.15, 0.2) is 18.2 Å². The van der Waals surface area contributed by atoms with Crippen molar-refractivity contribution in [3.63, 3.8) is 0 Å². The highest BCUT2D eigenvalue weighted by molar-refractivity contribution is 5.96. The molecule has 1 aliphatic heterocycles. The third-order valence-electron chi connectivity index (χ3n) is 2.97. The maximum atomic E-state index is 12.0. The minimum atomic E-state index is -0.656. The summed E-state index contributed by atoms with van der Waals surface area (Å²) in [7, 11) is 0. The molecule has 5 nitrogen and oxygen atoms in total. The van der Waals surface area contributed by atoms with E-state index in [2.05, 4.69) is 5.32 Å². The van der Waals surface area contributed by atoms with Crippen LogP contribution >= 0.6 is 0 Å². The van der Waals surface area contributed by atoms with Crippen LogP contribution in [0.25, 0.3) is 0 Å². The lowest BCUT2D eigenvalue weighted by Gasteiger charge is -2.13. The molecule has 5 heteroatoms. The molecule has 0 fully saturated rings. The van der Waals surface area contributed by atoms with E-state index >= 15 is 0 Å². The molecule has 1 heterocycles. The average Bonchev–Trinajstić information content (AvgIpc) is 2.85. The molecular formula is C14H17NO4. The Balaban J connectivity index is 2.02. The summed E-state index contributed by atoms with van der Waals surface area (Å²) in [5.41, 5.74) is 2.66. The monoisotopic (exact) mass is 263 g/mol. The van der Waals surface area contributed by atoms with E-state index < -0.39 is 12.0 Å². The molecule has 1 N–H and O–H groups in total. The number of hydrogen-bond donors (Lipinski definition) is 1. The van der Waals surface area contributed by atoms with Crippen LogP contribution in [-0.4, -0.2) is 24.5 Å². The summed E-state index contributed by atoms with van der Waals surface area (Å²) in [5, 5.41) is 2.62. The molecule has 0 aromatic heterocycles. The second-order valence-electron chi connectivity index (χ2n) is 4.42. The molecule has 1 aliphatic rings. The van der Waals surface area contributed by atoms with Gasteiger partial charge in [0, 0.05) is 5.56 Å². The molecule has 1 aromatic carbocycles. The molecule has 1 atom stereocenters. The van der Waals surface area contributed by atoms with Crippen molar-refractivity contribution in [1.82, 2.24) is 5.32 Å². The predicted molar refractivity (Wildman–Crippen MR) is 68.5 cm³/mol. The number of fused-ring (bicyclic) bond motifs is 1. The van der Waals surface area contributed by atoms with Crippen LogP contribution in [0.3, 0.4) is 0 Å². The molecule has 0 saturated heterocycles. The SMILES string of the molecule is CCOC(=O)[C@@H](C)NC(=O)c1ccc2c(c1)COC2.